The molecule has 5 heteroatoms. The van der Waals surface area contributed by atoms with Crippen LogP contribution < -0.4 is 5.32 Å². The summed E-state index contributed by atoms with van der Waals surface area (Å²) in [5, 5.41) is 40.4. The maximum absolute atomic E-state index is 9.80. The number of hydrogen-bond acceptors (Lipinski definition) is 5. The SMILES string of the molecule is CC1(C)[C@H](O)[C@H](O)C(CO)N[C@@H]1CO. The van der Waals surface area contributed by atoms with Crippen LogP contribution >= 0.6 is 0 Å². The van der Waals surface area contributed by atoms with Crippen molar-refractivity contribution >= 4 is 0 Å². The Hall–Kier alpha value is -0.200. The zero-order valence-corrected chi connectivity index (χ0v) is 8.51. The van der Waals surface area contributed by atoms with Crippen LogP contribution in [0.2, 0.25) is 0 Å². The van der Waals surface area contributed by atoms with Crippen LogP contribution in [0.5, 0.6) is 0 Å². The number of aliphatic hydroxyl groups is 4. The summed E-state index contributed by atoms with van der Waals surface area (Å²) in [6.45, 7) is 3.14. The summed E-state index contributed by atoms with van der Waals surface area (Å²) in [7, 11) is 0. The average molecular weight is 205 g/mol. The molecule has 84 valence electrons. The van der Waals surface area contributed by atoms with Gasteiger partial charge in [0.15, 0.2) is 0 Å². The minimum atomic E-state index is -1.00. The maximum Gasteiger partial charge on any atom is 0.0979 e. The highest BCUT2D eigenvalue weighted by Gasteiger charge is 2.47. The smallest absolute Gasteiger partial charge is 0.0979 e. The van der Waals surface area contributed by atoms with Crippen LogP contribution in [0.15, 0.2) is 0 Å². The highest BCUT2D eigenvalue weighted by atomic mass is 16.3. The van der Waals surface area contributed by atoms with E-state index in [2.05, 4.69) is 5.32 Å². The molecule has 0 aromatic carbocycles. The van der Waals surface area contributed by atoms with Crippen LogP contribution in [-0.2, 0) is 0 Å². The molecule has 1 saturated heterocycles. The van der Waals surface area contributed by atoms with Crippen molar-refractivity contribution in [3.05, 3.63) is 0 Å². The molecule has 0 aliphatic carbocycles. The molecule has 1 rings (SSSR count). The van der Waals surface area contributed by atoms with Crippen molar-refractivity contribution < 1.29 is 20.4 Å². The summed E-state index contributed by atoms with van der Waals surface area (Å²) < 4.78 is 0. The number of piperidine rings is 1. The quantitative estimate of drug-likeness (QED) is 0.362. The highest BCUT2D eigenvalue weighted by Crippen LogP contribution is 2.32. The summed E-state index contributed by atoms with van der Waals surface area (Å²) in [4.78, 5) is 0. The van der Waals surface area contributed by atoms with Gasteiger partial charge in [0, 0.05) is 11.5 Å². The van der Waals surface area contributed by atoms with Gasteiger partial charge in [-0.05, 0) is 0 Å². The first-order valence-corrected chi connectivity index (χ1v) is 4.79. The minimum Gasteiger partial charge on any atom is -0.395 e. The fourth-order valence-corrected chi connectivity index (χ4v) is 1.89. The van der Waals surface area contributed by atoms with E-state index in [0.29, 0.717) is 0 Å². The van der Waals surface area contributed by atoms with Crippen LogP contribution in [0.25, 0.3) is 0 Å². The van der Waals surface area contributed by atoms with Gasteiger partial charge in [0.05, 0.1) is 31.5 Å². The van der Waals surface area contributed by atoms with Crippen LogP contribution in [0.4, 0.5) is 0 Å². The third kappa shape index (κ3) is 1.78. The molecule has 0 bridgehead atoms. The molecule has 1 unspecified atom stereocenters. The molecule has 1 aliphatic heterocycles. The Morgan fingerprint density at radius 2 is 1.71 bits per heavy atom. The average Bonchev–Trinajstić information content (AvgIpc) is 2.15. The fourth-order valence-electron chi connectivity index (χ4n) is 1.89. The van der Waals surface area contributed by atoms with Crippen molar-refractivity contribution in [3.8, 4) is 0 Å². The first kappa shape index (κ1) is 11.9. The van der Waals surface area contributed by atoms with Gasteiger partial charge >= 0.3 is 0 Å². The molecule has 5 N–H and O–H groups in total. The van der Waals surface area contributed by atoms with Crippen molar-refractivity contribution in [2.75, 3.05) is 13.2 Å². The van der Waals surface area contributed by atoms with Gasteiger partial charge in [-0.2, -0.15) is 0 Å². The Bertz CT molecular complexity index is 193. The highest BCUT2D eigenvalue weighted by molar-refractivity contribution is 5.02. The number of hydrogen-bond donors (Lipinski definition) is 5. The largest absolute Gasteiger partial charge is 0.395 e. The third-order valence-corrected chi connectivity index (χ3v) is 3.19. The Kier molecular flexibility index (Phi) is 3.49. The van der Waals surface area contributed by atoms with E-state index in [0.717, 1.165) is 0 Å². The number of aliphatic hydroxyl groups excluding tert-OH is 4. The van der Waals surface area contributed by atoms with Gasteiger partial charge in [0.1, 0.15) is 0 Å². The Balaban J connectivity index is 2.83. The molecule has 5 nitrogen and oxygen atoms in total. The molecule has 0 amide bonds. The Morgan fingerprint density at radius 1 is 1.14 bits per heavy atom. The Labute approximate surface area is 83.4 Å². The molecule has 1 aliphatic rings. The summed E-state index contributed by atoms with van der Waals surface area (Å²) in [6, 6.07) is -0.895. The first-order valence-electron chi connectivity index (χ1n) is 4.79. The van der Waals surface area contributed by atoms with Gasteiger partial charge in [-0.15, -0.1) is 0 Å². The third-order valence-electron chi connectivity index (χ3n) is 3.19. The van der Waals surface area contributed by atoms with Crippen LogP contribution in [-0.4, -0.2) is 57.9 Å². The lowest BCUT2D eigenvalue weighted by molar-refractivity contribution is -0.125. The topological polar surface area (TPSA) is 93.0 Å². The van der Waals surface area contributed by atoms with Gasteiger partial charge in [0.25, 0.3) is 0 Å². The lowest BCUT2D eigenvalue weighted by atomic mass is 9.72. The minimum absolute atomic E-state index is 0.132. The predicted molar refractivity (Wildman–Crippen MR) is 50.7 cm³/mol. The summed E-state index contributed by atoms with van der Waals surface area (Å²) >= 11 is 0. The number of rotatable bonds is 2. The summed E-state index contributed by atoms with van der Waals surface area (Å²) in [5.41, 5.74) is -0.611. The molecule has 0 spiro atoms. The predicted octanol–water partition coefficient (Wildman–Crippen LogP) is -1.94. The molecule has 4 atom stereocenters. The van der Waals surface area contributed by atoms with E-state index in [9.17, 15) is 10.2 Å². The molecule has 0 radical (unpaired) electrons. The summed E-state index contributed by atoms with van der Waals surface area (Å²) in [6.07, 6.45) is -1.95. The van der Waals surface area contributed by atoms with Crippen molar-refractivity contribution in [1.29, 1.82) is 0 Å². The standard InChI is InChI=1S/C9H19NO4/c1-9(2)6(4-12)10-5(3-11)7(13)8(9)14/h5-8,10-14H,3-4H2,1-2H3/t5?,6-,7-,8-/m1/s1. The number of nitrogens with one attached hydrogen (secondary N) is 1. The van der Waals surface area contributed by atoms with E-state index in [1.54, 1.807) is 13.8 Å². The fraction of sp³-hybridized carbons (Fsp3) is 1.00. The van der Waals surface area contributed by atoms with Crippen LogP contribution in [0.1, 0.15) is 13.8 Å². The van der Waals surface area contributed by atoms with E-state index < -0.39 is 23.7 Å². The van der Waals surface area contributed by atoms with Gasteiger partial charge in [0.2, 0.25) is 0 Å². The maximum atomic E-state index is 9.80. The molecule has 1 fully saturated rings. The summed E-state index contributed by atoms with van der Waals surface area (Å²) in [5.74, 6) is 0. The van der Waals surface area contributed by atoms with Crippen molar-refractivity contribution in [2.45, 2.75) is 38.1 Å². The second kappa shape index (κ2) is 4.12. The molecule has 0 saturated carbocycles. The second-order valence-electron chi connectivity index (χ2n) is 4.45. The van der Waals surface area contributed by atoms with Crippen molar-refractivity contribution in [3.63, 3.8) is 0 Å². The van der Waals surface area contributed by atoms with Crippen molar-refractivity contribution in [2.24, 2.45) is 5.41 Å². The monoisotopic (exact) mass is 205 g/mol. The molecular weight excluding hydrogens is 186 g/mol. The van der Waals surface area contributed by atoms with Gasteiger partial charge < -0.3 is 25.7 Å². The van der Waals surface area contributed by atoms with E-state index in [4.69, 9.17) is 10.2 Å². The van der Waals surface area contributed by atoms with E-state index >= 15 is 0 Å². The van der Waals surface area contributed by atoms with E-state index in [-0.39, 0.29) is 19.3 Å². The van der Waals surface area contributed by atoms with E-state index in [1.807, 2.05) is 0 Å². The molecule has 0 aromatic heterocycles. The van der Waals surface area contributed by atoms with Crippen LogP contribution in [0.3, 0.4) is 0 Å². The van der Waals surface area contributed by atoms with Gasteiger partial charge in [-0.1, -0.05) is 13.8 Å². The lowest BCUT2D eigenvalue weighted by Crippen LogP contribution is -2.67. The lowest BCUT2D eigenvalue weighted by Gasteiger charge is -2.48. The van der Waals surface area contributed by atoms with Gasteiger partial charge in [-0.3, -0.25) is 0 Å². The van der Waals surface area contributed by atoms with Gasteiger partial charge in [-0.25, -0.2) is 0 Å². The zero-order chi connectivity index (χ0) is 10.9. The Morgan fingerprint density at radius 3 is 2.14 bits per heavy atom. The molecule has 14 heavy (non-hydrogen) atoms. The normalized spacial score (nSPS) is 42.4. The molecule has 0 aromatic rings. The van der Waals surface area contributed by atoms with Crippen molar-refractivity contribution in [1.82, 2.24) is 5.32 Å². The molecule has 1 heterocycles. The first-order chi connectivity index (χ1) is 6.45. The molecular formula is C9H19NO4. The zero-order valence-electron chi connectivity index (χ0n) is 8.51. The van der Waals surface area contributed by atoms with E-state index in [1.165, 1.54) is 0 Å². The second-order valence-corrected chi connectivity index (χ2v) is 4.45. The van der Waals surface area contributed by atoms with Crippen LogP contribution in [0, 0.1) is 5.41 Å².